The third-order valence-corrected chi connectivity index (χ3v) is 3.39. The fourth-order valence-corrected chi connectivity index (χ4v) is 2.25. The molecule has 2 N–H and O–H groups in total. The molecular formula is C16H19N3O2. The third-order valence-electron chi connectivity index (χ3n) is 3.39. The molecule has 0 unspecified atom stereocenters. The maximum Gasteiger partial charge on any atom is 0.292 e. The summed E-state index contributed by atoms with van der Waals surface area (Å²) in [6.45, 7) is 4.55. The lowest BCUT2D eigenvalue weighted by Gasteiger charge is -2.20. The second kappa shape index (κ2) is 6.85. The highest BCUT2D eigenvalue weighted by molar-refractivity contribution is 5.59. The number of benzene rings is 2. The smallest absolute Gasteiger partial charge is 0.292 e. The van der Waals surface area contributed by atoms with Gasteiger partial charge >= 0.3 is 0 Å². The molecule has 5 heteroatoms. The van der Waals surface area contributed by atoms with Gasteiger partial charge in [0.05, 0.1) is 4.92 Å². The minimum absolute atomic E-state index is 0.0372. The monoisotopic (exact) mass is 285 g/mol. The van der Waals surface area contributed by atoms with Crippen LogP contribution in [0.4, 0.5) is 11.4 Å². The standard InChI is InChI=1S/C16H19N3O2/c1-2-18(11-13-6-4-3-5-7-13)12-14-8-9-16(19(20)21)15(17)10-14/h3-10H,2,11-12,17H2,1H3. The van der Waals surface area contributed by atoms with Crippen LogP contribution in [-0.4, -0.2) is 16.4 Å². The molecule has 0 spiro atoms. The molecule has 0 saturated carbocycles. The lowest BCUT2D eigenvalue weighted by atomic mass is 10.1. The fourth-order valence-electron chi connectivity index (χ4n) is 2.25. The Kier molecular flexibility index (Phi) is 4.90. The van der Waals surface area contributed by atoms with Crippen LogP contribution in [0.25, 0.3) is 0 Å². The average molecular weight is 285 g/mol. The SMILES string of the molecule is CCN(Cc1ccccc1)Cc1ccc([N+](=O)[O-])c(N)c1. The molecule has 2 aromatic carbocycles. The highest BCUT2D eigenvalue weighted by Crippen LogP contribution is 2.23. The van der Waals surface area contributed by atoms with Crippen molar-refractivity contribution in [2.75, 3.05) is 12.3 Å². The number of hydrogen-bond acceptors (Lipinski definition) is 4. The summed E-state index contributed by atoms with van der Waals surface area (Å²) in [7, 11) is 0. The van der Waals surface area contributed by atoms with E-state index in [1.165, 1.54) is 11.6 Å². The van der Waals surface area contributed by atoms with E-state index in [0.717, 1.165) is 18.7 Å². The van der Waals surface area contributed by atoms with Crippen molar-refractivity contribution < 1.29 is 4.92 Å². The minimum atomic E-state index is -0.458. The quantitative estimate of drug-likeness (QED) is 0.502. The lowest BCUT2D eigenvalue weighted by molar-refractivity contribution is -0.383. The first kappa shape index (κ1) is 15.0. The molecule has 0 atom stereocenters. The number of nitrogens with zero attached hydrogens (tertiary/aromatic N) is 2. The molecular weight excluding hydrogens is 266 g/mol. The maximum absolute atomic E-state index is 10.8. The molecule has 0 saturated heterocycles. The van der Waals surface area contributed by atoms with Crippen molar-refractivity contribution in [3.05, 3.63) is 69.8 Å². The Bertz CT molecular complexity index is 614. The van der Waals surface area contributed by atoms with E-state index < -0.39 is 4.92 Å². The van der Waals surface area contributed by atoms with Gasteiger partial charge in [0, 0.05) is 19.2 Å². The molecule has 0 amide bonds. The zero-order chi connectivity index (χ0) is 15.2. The van der Waals surface area contributed by atoms with Gasteiger partial charge in [0.25, 0.3) is 5.69 Å². The van der Waals surface area contributed by atoms with Crippen molar-refractivity contribution in [2.24, 2.45) is 0 Å². The summed E-state index contributed by atoms with van der Waals surface area (Å²) in [5, 5.41) is 10.8. The van der Waals surface area contributed by atoms with Crippen LogP contribution in [0.1, 0.15) is 18.1 Å². The molecule has 2 rings (SSSR count). The molecule has 0 aliphatic rings. The zero-order valence-corrected chi connectivity index (χ0v) is 12.0. The van der Waals surface area contributed by atoms with Gasteiger partial charge in [0.1, 0.15) is 5.69 Å². The van der Waals surface area contributed by atoms with E-state index in [0.29, 0.717) is 6.54 Å². The summed E-state index contributed by atoms with van der Waals surface area (Å²) in [6.07, 6.45) is 0. The molecule has 0 fully saturated rings. The van der Waals surface area contributed by atoms with Gasteiger partial charge in [0.2, 0.25) is 0 Å². The molecule has 5 nitrogen and oxygen atoms in total. The van der Waals surface area contributed by atoms with Crippen LogP contribution < -0.4 is 5.73 Å². The Balaban J connectivity index is 2.08. The van der Waals surface area contributed by atoms with Crippen LogP contribution in [0.5, 0.6) is 0 Å². The largest absolute Gasteiger partial charge is 0.393 e. The second-order valence-corrected chi connectivity index (χ2v) is 4.94. The van der Waals surface area contributed by atoms with Gasteiger partial charge < -0.3 is 5.73 Å². The van der Waals surface area contributed by atoms with Crippen LogP contribution in [-0.2, 0) is 13.1 Å². The van der Waals surface area contributed by atoms with E-state index in [-0.39, 0.29) is 11.4 Å². The zero-order valence-electron chi connectivity index (χ0n) is 12.0. The van der Waals surface area contributed by atoms with Crippen molar-refractivity contribution in [1.29, 1.82) is 0 Å². The van der Waals surface area contributed by atoms with Crippen molar-refractivity contribution >= 4 is 11.4 Å². The average Bonchev–Trinajstić information content (AvgIpc) is 2.47. The first-order valence-corrected chi connectivity index (χ1v) is 6.89. The van der Waals surface area contributed by atoms with E-state index in [1.54, 1.807) is 12.1 Å². The fraction of sp³-hybridized carbons (Fsp3) is 0.250. The Morgan fingerprint density at radius 2 is 1.76 bits per heavy atom. The summed E-state index contributed by atoms with van der Waals surface area (Å²) >= 11 is 0. The van der Waals surface area contributed by atoms with Crippen LogP contribution in [0.2, 0.25) is 0 Å². The van der Waals surface area contributed by atoms with Crippen molar-refractivity contribution in [2.45, 2.75) is 20.0 Å². The van der Waals surface area contributed by atoms with Crippen LogP contribution in [0.3, 0.4) is 0 Å². The van der Waals surface area contributed by atoms with Crippen LogP contribution in [0, 0.1) is 10.1 Å². The predicted octanol–water partition coefficient (Wildman–Crippen LogP) is 3.20. The number of anilines is 1. The predicted molar refractivity (Wildman–Crippen MR) is 83.7 cm³/mol. The van der Waals surface area contributed by atoms with Gasteiger partial charge in [-0.2, -0.15) is 0 Å². The molecule has 110 valence electrons. The Labute approximate surface area is 124 Å². The second-order valence-electron chi connectivity index (χ2n) is 4.94. The third kappa shape index (κ3) is 4.03. The van der Waals surface area contributed by atoms with Crippen LogP contribution in [0.15, 0.2) is 48.5 Å². The first-order chi connectivity index (χ1) is 10.1. The van der Waals surface area contributed by atoms with Gasteiger partial charge in [-0.15, -0.1) is 0 Å². The first-order valence-electron chi connectivity index (χ1n) is 6.89. The number of rotatable bonds is 6. The summed E-state index contributed by atoms with van der Waals surface area (Å²) in [6, 6.07) is 15.1. The number of nitrogen functional groups attached to an aromatic ring is 1. The van der Waals surface area contributed by atoms with Gasteiger partial charge in [-0.1, -0.05) is 43.3 Å². The molecule has 0 aromatic heterocycles. The van der Waals surface area contributed by atoms with E-state index in [4.69, 9.17) is 5.73 Å². The Hall–Kier alpha value is -2.40. The topological polar surface area (TPSA) is 72.4 Å². The Morgan fingerprint density at radius 1 is 1.10 bits per heavy atom. The molecule has 0 bridgehead atoms. The van der Waals surface area contributed by atoms with Crippen molar-refractivity contribution in [3.63, 3.8) is 0 Å². The van der Waals surface area contributed by atoms with E-state index >= 15 is 0 Å². The molecule has 0 aliphatic heterocycles. The number of nitrogens with two attached hydrogens (primary N) is 1. The molecule has 0 aliphatic carbocycles. The van der Waals surface area contributed by atoms with Gasteiger partial charge in [0.15, 0.2) is 0 Å². The van der Waals surface area contributed by atoms with Gasteiger partial charge in [-0.25, -0.2) is 0 Å². The maximum atomic E-state index is 10.8. The van der Waals surface area contributed by atoms with Crippen molar-refractivity contribution in [3.8, 4) is 0 Å². The summed E-state index contributed by atoms with van der Waals surface area (Å²) in [5.41, 5.74) is 8.14. The number of nitro benzene ring substituents is 1. The molecule has 2 aromatic rings. The summed E-state index contributed by atoms with van der Waals surface area (Å²) in [4.78, 5) is 12.6. The Morgan fingerprint density at radius 3 is 2.33 bits per heavy atom. The molecule has 21 heavy (non-hydrogen) atoms. The van der Waals surface area contributed by atoms with E-state index in [9.17, 15) is 10.1 Å². The van der Waals surface area contributed by atoms with Gasteiger partial charge in [-0.3, -0.25) is 15.0 Å². The minimum Gasteiger partial charge on any atom is -0.393 e. The highest BCUT2D eigenvalue weighted by atomic mass is 16.6. The summed E-state index contributed by atoms with van der Waals surface area (Å²) < 4.78 is 0. The van der Waals surface area contributed by atoms with E-state index in [2.05, 4.69) is 24.0 Å². The highest BCUT2D eigenvalue weighted by Gasteiger charge is 2.12. The molecule has 0 radical (unpaired) electrons. The summed E-state index contributed by atoms with van der Waals surface area (Å²) in [5.74, 6) is 0. The van der Waals surface area contributed by atoms with E-state index in [1.807, 2.05) is 18.2 Å². The lowest BCUT2D eigenvalue weighted by Crippen LogP contribution is -2.22. The number of hydrogen-bond donors (Lipinski definition) is 1. The van der Waals surface area contributed by atoms with Crippen LogP contribution >= 0.6 is 0 Å². The van der Waals surface area contributed by atoms with Crippen molar-refractivity contribution in [1.82, 2.24) is 4.90 Å². The molecule has 0 heterocycles. The normalized spacial score (nSPS) is 10.8. The number of nitro groups is 1. The van der Waals surface area contributed by atoms with Gasteiger partial charge in [-0.05, 0) is 23.7 Å².